The van der Waals surface area contributed by atoms with Gasteiger partial charge in [0.1, 0.15) is 23.5 Å². The number of nitrogens with one attached hydrogen (secondary N) is 1. The number of aromatic nitrogens is 2. The van der Waals surface area contributed by atoms with Crippen LogP contribution in [-0.2, 0) is 6.54 Å². The smallest absolute Gasteiger partial charge is 0.264 e. The van der Waals surface area contributed by atoms with Gasteiger partial charge in [-0.15, -0.1) is 11.3 Å². The van der Waals surface area contributed by atoms with Gasteiger partial charge in [-0.05, 0) is 42.8 Å². The Balaban J connectivity index is 1.17. The molecular formula is C27H28N5O3S+. The molecule has 6 rings (SSSR count). The van der Waals surface area contributed by atoms with Crippen LogP contribution < -0.4 is 19.3 Å². The number of hydrogen-bond acceptors (Lipinski definition) is 7. The van der Waals surface area contributed by atoms with Gasteiger partial charge >= 0.3 is 0 Å². The summed E-state index contributed by atoms with van der Waals surface area (Å²) in [5.41, 5.74) is 3.22. The molecule has 0 unspecified atom stereocenters. The number of aryl methyl sites for hydroxylation is 1. The standard InChI is InChI=1S/C27H27N5O3S/c1-18-23-25(30(2)20-6-4-3-5-7-20)28-16-29-26(23)36-24(18)27(33)32-12-10-31(11-13-32)15-19-8-9-21-22(14-19)35-17-34-21/h3-9,14,16H,10-13,15,17H2,1-2H3/p+1. The van der Waals surface area contributed by atoms with Crippen LogP contribution in [0.15, 0.2) is 54.9 Å². The molecule has 8 nitrogen and oxygen atoms in total. The van der Waals surface area contributed by atoms with Crippen molar-refractivity contribution in [3.8, 4) is 11.5 Å². The summed E-state index contributed by atoms with van der Waals surface area (Å²) in [5.74, 6) is 2.54. The molecule has 0 atom stereocenters. The molecule has 4 heterocycles. The van der Waals surface area contributed by atoms with E-state index in [9.17, 15) is 4.79 Å². The molecule has 1 N–H and O–H groups in total. The van der Waals surface area contributed by atoms with Gasteiger partial charge in [-0.25, -0.2) is 9.97 Å². The van der Waals surface area contributed by atoms with Crippen LogP contribution in [0.2, 0.25) is 0 Å². The average Bonchev–Trinajstić information content (AvgIpc) is 3.53. The van der Waals surface area contributed by atoms with Crippen molar-refractivity contribution in [3.63, 3.8) is 0 Å². The van der Waals surface area contributed by atoms with Gasteiger partial charge in [0.25, 0.3) is 5.91 Å². The maximum atomic E-state index is 13.6. The normalized spacial score (nSPS) is 15.4. The number of rotatable bonds is 5. The Bertz CT molecular complexity index is 1420. The van der Waals surface area contributed by atoms with Crippen LogP contribution in [0.4, 0.5) is 11.5 Å². The van der Waals surface area contributed by atoms with Crippen LogP contribution in [-0.4, -0.2) is 60.8 Å². The molecular weight excluding hydrogens is 474 g/mol. The first-order valence-corrected chi connectivity index (χ1v) is 12.9. The first kappa shape index (κ1) is 22.8. The summed E-state index contributed by atoms with van der Waals surface area (Å²) >= 11 is 1.47. The van der Waals surface area contributed by atoms with Gasteiger partial charge in [-0.1, -0.05) is 18.2 Å². The van der Waals surface area contributed by atoms with E-state index in [0.29, 0.717) is 6.79 Å². The van der Waals surface area contributed by atoms with Crippen molar-refractivity contribution in [1.82, 2.24) is 14.9 Å². The Morgan fingerprint density at radius 3 is 2.67 bits per heavy atom. The highest BCUT2D eigenvalue weighted by Crippen LogP contribution is 2.37. The maximum absolute atomic E-state index is 13.6. The number of thiophene rings is 1. The van der Waals surface area contributed by atoms with E-state index >= 15 is 0 Å². The Kier molecular flexibility index (Phi) is 5.94. The largest absolute Gasteiger partial charge is 0.454 e. The van der Waals surface area contributed by atoms with E-state index in [1.807, 2.05) is 55.3 Å². The van der Waals surface area contributed by atoms with Crippen molar-refractivity contribution in [1.29, 1.82) is 0 Å². The van der Waals surface area contributed by atoms with Crippen LogP contribution in [0.3, 0.4) is 0 Å². The number of para-hydroxylation sites is 1. The molecule has 2 aromatic heterocycles. The second kappa shape index (κ2) is 9.40. The Morgan fingerprint density at radius 2 is 1.86 bits per heavy atom. The number of benzene rings is 2. The number of piperazine rings is 1. The fraction of sp³-hybridized carbons (Fsp3) is 0.296. The van der Waals surface area contributed by atoms with Gasteiger partial charge in [-0.2, -0.15) is 0 Å². The molecule has 1 amide bonds. The van der Waals surface area contributed by atoms with E-state index in [0.717, 1.165) is 76.4 Å². The number of nitrogens with zero attached hydrogens (tertiary/aromatic N) is 4. The third-order valence-electron chi connectivity index (χ3n) is 7.01. The Hall–Kier alpha value is -3.69. The van der Waals surface area contributed by atoms with E-state index < -0.39 is 0 Å². The molecule has 36 heavy (non-hydrogen) atoms. The predicted octanol–water partition coefficient (Wildman–Crippen LogP) is 3.04. The number of carbonyl (C=O) groups excluding carboxylic acids is 1. The van der Waals surface area contributed by atoms with Gasteiger partial charge in [-0.3, -0.25) is 4.79 Å². The first-order chi connectivity index (χ1) is 17.6. The van der Waals surface area contributed by atoms with Crippen molar-refractivity contribution >= 4 is 39.0 Å². The van der Waals surface area contributed by atoms with Crippen LogP contribution in [0.25, 0.3) is 10.2 Å². The van der Waals surface area contributed by atoms with Crippen LogP contribution >= 0.6 is 11.3 Å². The minimum Gasteiger partial charge on any atom is -0.454 e. The summed E-state index contributed by atoms with van der Waals surface area (Å²) in [6.45, 7) is 6.49. The number of amides is 1. The van der Waals surface area contributed by atoms with Crippen molar-refractivity contribution in [2.75, 3.05) is 44.9 Å². The van der Waals surface area contributed by atoms with Gasteiger partial charge in [0.2, 0.25) is 6.79 Å². The Morgan fingerprint density at radius 1 is 1.08 bits per heavy atom. The van der Waals surface area contributed by atoms with Crippen LogP contribution in [0.5, 0.6) is 11.5 Å². The quantitative estimate of drug-likeness (QED) is 0.452. The molecule has 0 spiro atoms. The van der Waals surface area contributed by atoms with Crippen LogP contribution in [0, 0.1) is 6.92 Å². The lowest BCUT2D eigenvalue weighted by atomic mass is 10.1. The SMILES string of the molecule is Cc1c(C(=O)N2CC[NH+](Cc3ccc4c(c3)OCO4)CC2)sc2ncnc(N(C)c3ccccc3)c12. The van der Waals surface area contributed by atoms with Gasteiger partial charge in [0.05, 0.1) is 36.4 Å². The molecule has 0 aliphatic carbocycles. The van der Waals surface area contributed by atoms with E-state index in [4.69, 9.17) is 9.47 Å². The summed E-state index contributed by atoms with van der Waals surface area (Å²) in [5, 5.41) is 0.948. The highest BCUT2D eigenvalue weighted by atomic mass is 32.1. The molecule has 1 fully saturated rings. The Labute approximate surface area is 213 Å². The molecule has 1 saturated heterocycles. The zero-order chi connectivity index (χ0) is 24.6. The average molecular weight is 503 g/mol. The predicted molar refractivity (Wildman–Crippen MR) is 140 cm³/mol. The number of quaternary nitrogens is 1. The number of anilines is 2. The van der Waals surface area contributed by atoms with Crippen molar-refractivity contribution in [3.05, 3.63) is 70.9 Å². The molecule has 0 saturated carbocycles. The van der Waals surface area contributed by atoms with E-state index in [1.165, 1.54) is 21.8 Å². The lowest BCUT2D eigenvalue weighted by Crippen LogP contribution is -3.13. The molecule has 4 aromatic rings. The highest BCUT2D eigenvalue weighted by Gasteiger charge is 2.29. The number of ether oxygens (including phenoxy) is 2. The minimum atomic E-state index is 0.0888. The summed E-state index contributed by atoms with van der Waals surface area (Å²) in [6.07, 6.45) is 1.58. The van der Waals surface area contributed by atoms with Gasteiger partial charge in [0, 0.05) is 18.3 Å². The maximum Gasteiger partial charge on any atom is 0.264 e. The fourth-order valence-electron chi connectivity index (χ4n) is 4.97. The van der Waals surface area contributed by atoms with Gasteiger partial charge < -0.3 is 24.2 Å². The topological polar surface area (TPSA) is 72.2 Å². The summed E-state index contributed by atoms with van der Waals surface area (Å²) < 4.78 is 10.9. The summed E-state index contributed by atoms with van der Waals surface area (Å²) in [4.78, 5) is 29.7. The lowest BCUT2D eigenvalue weighted by molar-refractivity contribution is -0.917. The zero-order valence-corrected chi connectivity index (χ0v) is 21.2. The van der Waals surface area contributed by atoms with Gasteiger partial charge in [0.15, 0.2) is 11.5 Å². The molecule has 2 aliphatic heterocycles. The van der Waals surface area contributed by atoms with E-state index in [1.54, 1.807) is 6.33 Å². The van der Waals surface area contributed by atoms with E-state index in [-0.39, 0.29) is 5.91 Å². The first-order valence-electron chi connectivity index (χ1n) is 12.1. The second-order valence-electron chi connectivity index (χ2n) is 9.23. The highest BCUT2D eigenvalue weighted by molar-refractivity contribution is 7.20. The second-order valence-corrected chi connectivity index (χ2v) is 10.2. The third-order valence-corrected chi connectivity index (χ3v) is 8.20. The molecule has 2 aliphatic rings. The van der Waals surface area contributed by atoms with Crippen molar-refractivity contribution in [2.45, 2.75) is 13.5 Å². The molecule has 0 radical (unpaired) electrons. The van der Waals surface area contributed by atoms with Crippen LogP contribution in [0.1, 0.15) is 20.8 Å². The lowest BCUT2D eigenvalue weighted by Gasteiger charge is -2.32. The van der Waals surface area contributed by atoms with E-state index in [2.05, 4.69) is 27.0 Å². The number of hydrogen-bond donors (Lipinski definition) is 1. The minimum absolute atomic E-state index is 0.0888. The monoisotopic (exact) mass is 502 g/mol. The molecule has 0 bridgehead atoms. The summed E-state index contributed by atoms with van der Waals surface area (Å²) in [6, 6.07) is 16.3. The molecule has 2 aromatic carbocycles. The fourth-order valence-corrected chi connectivity index (χ4v) is 6.08. The number of carbonyl (C=O) groups is 1. The zero-order valence-electron chi connectivity index (χ0n) is 20.4. The molecule has 184 valence electrons. The van der Waals surface area contributed by atoms with Crippen molar-refractivity contribution in [2.24, 2.45) is 0 Å². The molecule has 9 heteroatoms. The summed E-state index contributed by atoms with van der Waals surface area (Å²) in [7, 11) is 2.00. The van der Waals surface area contributed by atoms with Crippen molar-refractivity contribution < 1.29 is 19.2 Å². The number of fused-ring (bicyclic) bond motifs is 2. The third kappa shape index (κ3) is 4.14.